The van der Waals surface area contributed by atoms with Crippen molar-refractivity contribution in [2.75, 3.05) is 0 Å². The molecule has 0 N–H and O–H groups in total. The van der Waals surface area contributed by atoms with Gasteiger partial charge < -0.3 is 4.40 Å². The molecular formula is C14H14N2S. The Morgan fingerprint density at radius 3 is 2.88 bits per heavy atom. The first-order chi connectivity index (χ1) is 8.28. The largest absolute Gasteiger partial charge is 0.306 e. The van der Waals surface area contributed by atoms with E-state index in [1.54, 1.807) is 0 Å². The smallest absolute Gasteiger partial charge is 0.140 e. The van der Waals surface area contributed by atoms with Gasteiger partial charge in [-0.15, -0.1) is 11.3 Å². The van der Waals surface area contributed by atoms with E-state index in [2.05, 4.69) is 48.7 Å². The Morgan fingerprint density at radius 2 is 2.18 bits per heavy atom. The summed E-state index contributed by atoms with van der Waals surface area (Å²) >= 11 is 1.83. The van der Waals surface area contributed by atoms with Crippen molar-refractivity contribution in [3.05, 3.63) is 47.1 Å². The van der Waals surface area contributed by atoms with Crippen molar-refractivity contribution in [2.24, 2.45) is 0 Å². The van der Waals surface area contributed by atoms with Crippen molar-refractivity contribution in [3.63, 3.8) is 0 Å². The van der Waals surface area contributed by atoms with Gasteiger partial charge in [0.25, 0.3) is 0 Å². The maximum Gasteiger partial charge on any atom is 0.140 e. The molecule has 0 saturated heterocycles. The molecule has 0 saturated carbocycles. The van der Waals surface area contributed by atoms with Crippen molar-refractivity contribution in [1.82, 2.24) is 9.38 Å². The normalized spacial score (nSPS) is 11.2. The molecule has 0 aliphatic rings. The average Bonchev–Trinajstić information content (AvgIpc) is 2.95. The van der Waals surface area contributed by atoms with E-state index >= 15 is 0 Å². The Morgan fingerprint density at radius 1 is 1.29 bits per heavy atom. The third kappa shape index (κ3) is 1.76. The lowest BCUT2D eigenvalue weighted by Crippen LogP contribution is -1.83. The first-order valence-electron chi connectivity index (χ1n) is 5.81. The van der Waals surface area contributed by atoms with Crippen LogP contribution in [0.25, 0.3) is 16.2 Å². The van der Waals surface area contributed by atoms with E-state index in [9.17, 15) is 0 Å². The third-order valence-corrected chi connectivity index (χ3v) is 4.19. The van der Waals surface area contributed by atoms with Crippen LogP contribution in [0.2, 0.25) is 0 Å². The van der Waals surface area contributed by atoms with E-state index < -0.39 is 0 Å². The molecule has 0 atom stereocenters. The predicted molar refractivity (Wildman–Crippen MR) is 72.6 cm³/mol. The number of nitrogens with zero attached hydrogens (tertiary/aromatic N) is 2. The maximum atomic E-state index is 4.70. The topological polar surface area (TPSA) is 17.3 Å². The van der Waals surface area contributed by atoms with Gasteiger partial charge in [0.2, 0.25) is 0 Å². The van der Waals surface area contributed by atoms with E-state index in [4.69, 9.17) is 4.98 Å². The Labute approximate surface area is 105 Å². The minimum atomic E-state index is 1.05. The summed E-state index contributed by atoms with van der Waals surface area (Å²) in [5, 5.41) is 0. The molecule has 0 spiro atoms. The van der Waals surface area contributed by atoms with E-state index in [-0.39, 0.29) is 0 Å². The minimum Gasteiger partial charge on any atom is -0.306 e. The summed E-state index contributed by atoms with van der Waals surface area (Å²) in [6.07, 6.45) is 5.25. The van der Waals surface area contributed by atoms with Crippen LogP contribution in [0.1, 0.15) is 17.4 Å². The second-order valence-electron chi connectivity index (χ2n) is 4.17. The minimum absolute atomic E-state index is 1.05. The molecule has 3 aromatic rings. The quantitative estimate of drug-likeness (QED) is 0.665. The number of thiophene rings is 1. The first-order valence-corrected chi connectivity index (χ1v) is 6.63. The summed E-state index contributed by atoms with van der Waals surface area (Å²) < 4.78 is 2.09. The summed E-state index contributed by atoms with van der Waals surface area (Å²) in [6.45, 7) is 4.28. The van der Waals surface area contributed by atoms with Gasteiger partial charge in [-0.3, -0.25) is 0 Å². The molecule has 86 valence electrons. The first kappa shape index (κ1) is 10.5. The molecule has 3 aromatic heterocycles. The van der Waals surface area contributed by atoms with Crippen LogP contribution in [0.5, 0.6) is 0 Å². The zero-order valence-corrected chi connectivity index (χ0v) is 10.8. The molecule has 0 bridgehead atoms. The standard InChI is InChI=1S/C14H14N2S/c1-3-11-6-7-13(17-11)12-9-16-8-4-5-10(2)14(16)15-12/h4-9H,3H2,1-2H3. The fraction of sp³-hybridized carbons (Fsp3) is 0.214. The van der Waals surface area contributed by atoms with Crippen LogP contribution in [0, 0.1) is 6.92 Å². The summed E-state index contributed by atoms with van der Waals surface area (Å²) in [5.74, 6) is 0. The zero-order chi connectivity index (χ0) is 11.8. The number of hydrogen-bond acceptors (Lipinski definition) is 2. The summed E-state index contributed by atoms with van der Waals surface area (Å²) in [4.78, 5) is 7.37. The van der Waals surface area contributed by atoms with Crippen LogP contribution in [-0.4, -0.2) is 9.38 Å². The molecule has 0 radical (unpaired) electrons. The Kier molecular flexibility index (Phi) is 2.48. The molecule has 0 fully saturated rings. The van der Waals surface area contributed by atoms with Gasteiger partial charge in [-0.05, 0) is 37.1 Å². The zero-order valence-electron chi connectivity index (χ0n) is 9.97. The fourth-order valence-corrected chi connectivity index (χ4v) is 2.88. The van der Waals surface area contributed by atoms with Gasteiger partial charge in [-0.25, -0.2) is 4.98 Å². The number of aryl methyl sites for hydroxylation is 2. The highest BCUT2D eigenvalue weighted by Crippen LogP contribution is 2.28. The molecule has 17 heavy (non-hydrogen) atoms. The Bertz CT molecular complexity index is 664. The van der Waals surface area contributed by atoms with Crippen LogP contribution >= 0.6 is 11.3 Å². The van der Waals surface area contributed by atoms with Gasteiger partial charge in [0, 0.05) is 17.3 Å². The summed E-state index contributed by atoms with van der Waals surface area (Å²) in [6, 6.07) is 8.51. The predicted octanol–water partition coefficient (Wildman–Crippen LogP) is 3.93. The molecule has 0 aliphatic heterocycles. The number of fused-ring (bicyclic) bond motifs is 1. The SMILES string of the molecule is CCc1ccc(-c2cn3cccc(C)c3n2)s1. The summed E-state index contributed by atoms with van der Waals surface area (Å²) in [7, 11) is 0. The van der Waals surface area contributed by atoms with Crippen LogP contribution in [0.3, 0.4) is 0 Å². The van der Waals surface area contributed by atoms with Crippen LogP contribution in [0.4, 0.5) is 0 Å². The van der Waals surface area contributed by atoms with Gasteiger partial charge >= 0.3 is 0 Å². The second kappa shape index (κ2) is 4.00. The monoisotopic (exact) mass is 242 g/mol. The molecule has 2 nitrogen and oxygen atoms in total. The van der Waals surface area contributed by atoms with Crippen molar-refractivity contribution >= 4 is 17.0 Å². The number of rotatable bonds is 2. The van der Waals surface area contributed by atoms with Crippen molar-refractivity contribution in [2.45, 2.75) is 20.3 Å². The highest BCUT2D eigenvalue weighted by atomic mass is 32.1. The van der Waals surface area contributed by atoms with Crippen molar-refractivity contribution in [1.29, 1.82) is 0 Å². The highest BCUT2D eigenvalue weighted by Gasteiger charge is 2.07. The molecule has 3 rings (SSSR count). The maximum absolute atomic E-state index is 4.70. The molecular weight excluding hydrogens is 228 g/mol. The lowest BCUT2D eigenvalue weighted by molar-refractivity contribution is 1.16. The third-order valence-electron chi connectivity index (χ3n) is 2.94. The number of pyridine rings is 1. The van der Waals surface area contributed by atoms with Crippen LogP contribution < -0.4 is 0 Å². The molecule has 3 heterocycles. The molecule has 3 heteroatoms. The van der Waals surface area contributed by atoms with E-state index in [0.29, 0.717) is 0 Å². The number of hydrogen-bond donors (Lipinski definition) is 0. The van der Waals surface area contributed by atoms with E-state index in [1.165, 1.54) is 15.3 Å². The van der Waals surface area contributed by atoms with Crippen LogP contribution in [0.15, 0.2) is 36.7 Å². The lowest BCUT2D eigenvalue weighted by Gasteiger charge is -1.93. The van der Waals surface area contributed by atoms with Gasteiger partial charge in [-0.1, -0.05) is 13.0 Å². The average molecular weight is 242 g/mol. The number of aromatic nitrogens is 2. The molecule has 0 aromatic carbocycles. The highest BCUT2D eigenvalue weighted by molar-refractivity contribution is 7.15. The van der Waals surface area contributed by atoms with Gasteiger partial charge in [0.05, 0.1) is 10.6 Å². The van der Waals surface area contributed by atoms with Gasteiger partial charge in [-0.2, -0.15) is 0 Å². The van der Waals surface area contributed by atoms with Crippen molar-refractivity contribution < 1.29 is 0 Å². The van der Waals surface area contributed by atoms with E-state index in [1.807, 2.05) is 17.5 Å². The number of imidazole rings is 1. The van der Waals surface area contributed by atoms with Crippen LogP contribution in [-0.2, 0) is 6.42 Å². The second-order valence-corrected chi connectivity index (χ2v) is 5.34. The Hall–Kier alpha value is -1.61. The Balaban J connectivity index is 2.14. The lowest BCUT2D eigenvalue weighted by atomic mass is 10.3. The van der Waals surface area contributed by atoms with E-state index in [0.717, 1.165) is 17.8 Å². The van der Waals surface area contributed by atoms with Gasteiger partial charge in [0.15, 0.2) is 0 Å². The molecule has 0 unspecified atom stereocenters. The molecule has 0 aliphatic carbocycles. The van der Waals surface area contributed by atoms with Crippen molar-refractivity contribution in [3.8, 4) is 10.6 Å². The fourth-order valence-electron chi connectivity index (χ4n) is 1.98. The van der Waals surface area contributed by atoms with Gasteiger partial charge in [0.1, 0.15) is 5.65 Å². The summed E-state index contributed by atoms with van der Waals surface area (Å²) in [5.41, 5.74) is 3.34. The molecule has 0 amide bonds.